The summed E-state index contributed by atoms with van der Waals surface area (Å²) >= 11 is 0. The Morgan fingerprint density at radius 3 is 2.54 bits per heavy atom. The van der Waals surface area contributed by atoms with Gasteiger partial charge in [0.2, 0.25) is 0 Å². The first-order valence-electron chi connectivity index (χ1n) is 3.68. The topological polar surface area (TPSA) is 57.9 Å². The van der Waals surface area contributed by atoms with Crippen LogP contribution in [-0.2, 0) is 15.6 Å². The lowest BCUT2D eigenvalue weighted by molar-refractivity contribution is 0.601. The molecule has 1 aromatic rings. The van der Waals surface area contributed by atoms with Crippen molar-refractivity contribution >= 4 is 9.84 Å². The Morgan fingerprint density at radius 1 is 1.38 bits per heavy atom. The van der Waals surface area contributed by atoms with Gasteiger partial charge in [-0.1, -0.05) is 18.2 Å². The maximum Gasteiger partial charge on any atom is 0.151 e. The average Bonchev–Trinajstić information content (AvgIpc) is 2.02. The second-order valence-corrected chi connectivity index (χ2v) is 4.98. The summed E-state index contributed by atoms with van der Waals surface area (Å²) < 4.78 is 21.9. The van der Waals surface area contributed by atoms with Crippen LogP contribution < -0.4 is 0 Å². The SMILES string of the molecule is CS(=O)(=O)Cc1ccccc1C#N. The summed E-state index contributed by atoms with van der Waals surface area (Å²) in [5.41, 5.74) is 0.987. The van der Waals surface area contributed by atoms with Gasteiger partial charge in [0, 0.05) is 6.26 Å². The zero-order valence-electron chi connectivity index (χ0n) is 7.19. The van der Waals surface area contributed by atoms with Crippen LogP contribution in [0.3, 0.4) is 0 Å². The van der Waals surface area contributed by atoms with Crippen molar-refractivity contribution in [1.29, 1.82) is 5.26 Å². The second-order valence-electron chi connectivity index (χ2n) is 2.84. The highest BCUT2D eigenvalue weighted by Gasteiger charge is 2.07. The molecule has 0 N–H and O–H groups in total. The van der Waals surface area contributed by atoms with Gasteiger partial charge in [0.25, 0.3) is 0 Å². The minimum Gasteiger partial charge on any atom is -0.229 e. The Balaban J connectivity index is 3.10. The first-order valence-corrected chi connectivity index (χ1v) is 5.75. The highest BCUT2D eigenvalue weighted by atomic mass is 32.2. The molecule has 68 valence electrons. The van der Waals surface area contributed by atoms with Gasteiger partial charge >= 0.3 is 0 Å². The summed E-state index contributed by atoms with van der Waals surface area (Å²) in [6, 6.07) is 8.65. The van der Waals surface area contributed by atoms with Crippen molar-refractivity contribution in [3.8, 4) is 6.07 Å². The van der Waals surface area contributed by atoms with Crippen molar-refractivity contribution in [3.05, 3.63) is 35.4 Å². The van der Waals surface area contributed by atoms with Gasteiger partial charge in [-0.2, -0.15) is 5.26 Å². The molecule has 4 heteroatoms. The molecule has 0 unspecified atom stereocenters. The van der Waals surface area contributed by atoms with Crippen LogP contribution in [0.4, 0.5) is 0 Å². The monoisotopic (exact) mass is 195 g/mol. The molecule has 0 saturated carbocycles. The second kappa shape index (κ2) is 3.58. The summed E-state index contributed by atoms with van der Waals surface area (Å²) in [5.74, 6) is -0.0727. The molecule has 0 aliphatic rings. The van der Waals surface area contributed by atoms with E-state index in [2.05, 4.69) is 0 Å². The molecule has 0 aliphatic carbocycles. The Hall–Kier alpha value is -1.34. The molecular formula is C9H9NO2S. The van der Waals surface area contributed by atoms with Crippen molar-refractivity contribution in [3.63, 3.8) is 0 Å². The molecule has 0 bridgehead atoms. The molecule has 1 aromatic carbocycles. The van der Waals surface area contributed by atoms with Gasteiger partial charge in [0.1, 0.15) is 0 Å². The van der Waals surface area contributed by atoms with Crippen LogP contribution in [0.2, 0.25) is 0 Å². The number of nitriles is 1. The maximum absolute atomic E-state index is 11.0. The smallest absolute Gasteiger partial charge is 0.151 e. The number of hydrogen-bond acceptors (Lipinski definition) is 3. The van der Waals surface area contributed by atoms with Crippen molar-refractivity contribution in [1.82, 2.24) is 0 Å². The molecule has 0 aromatic heterocycles. The summed E-state index contributed by atoms with van der Waals surface area (Å²) in [7, 11) is -3.06. The Bertz CT molecular complexity index is 443. The van der Waals surface area contributed by atoms with E-state index >= 15 is 0 Å². The summed E-state index contributed by atoms with van der Waals surface area (Å²) in [6.07, 6.45) is 1.15. The quantitative estimate of drug-likeness (QED) is 0.710. The van der Waals surface area contributed by atoms with Gasteiger partial charge in [-0.15, -0.1) is 0 Å². The molecule has 0 spiro atoms. The Kier molecular flexibility index (Phi) is 2.69. The molecular weight excluding hydrogens is 186 g/mol. The van der Waals surface area contributed by atoms with E-state index < -0.39 is 9.84 Å². The lowest BCUT2D eigenvalue weighted by Gasteiger charge is -2.00. The van der Waals surface area contributed by atoms with Crippen LogP contribution in [0, 0.1) is 11.3 Å². The van der Waals surface area contributed by atoms with Crippen LogP contribution >= 0.6 is 0 Å². The normalized spacial score (nSPS) is 10.8. The predicted molar refractivity (Wildman–Crippen MR) is 49.7 cm³/mol. The zero-order valence-corrected chi connectivity index (χ0v) is 8.00. The van der Waals surface area contributed by atoms with E-state index in [1.807, 2.05) is 6.07 Å². The van der Waals surface area contributed by atoms with Gasteiger partial charge in [-0.05, 0) is 11.6 Å². The van der Waals surface area contributed by atoms with Crippen molar-refractivity contribution in [2.24, 2.45) is 0 Å². The number of benzene rings is 1. The van der Waals surface area contributed by atoms with Gasteiger partial charge in [0.05, 0.1) is 17.4 Å². The standard InChI is InChI=1S/C9H9NO2S/c1-13(11,12)7-9-5-3-2-4-8(9)6-10/h2-5H,7H2,1H3. The highest BCUT2D eigenvalue weighted by molar-refractivity contribution is 7.89. The van der Waals surface area contributed by atoms with Crippen molar-refractivity contribution in [2.75, 3.05) is 6.26 Å². The molecule has 3 nitrogen and oxygen atoms in total. The van der Waals surface area contributed by atoms with Crippen LogP contribution in [0.25, 0.3) is 0 Å². The minimum absolute atomic E-state index is 0.0727. The molecule has 0 saturated heterocycles. The third-order valence-corrected chi connectivity index (χ3v) is 2.39. The number of rotatable bonds is 2. The van der Waals surface area contributed by atoms with E-state index in [1.165, 1.54) is 0 Å². The predicted octanol–water partition coefficient (Wildman–Crippen LogP) is 1.10. The van der Waals surface area contributed by atoms with Crippen LogP contribution in [0.5, 0.6) is 0 Å². The average molecular weight is 195 g/mol. The lowest BCUT2D eigenvalue weighted by Crippen LogP contribution is -2.02. The Labute approximate surface area is 77.5 Å². The molecule has 0 aliphatic heterocycles. The van der Waals surface area contributed by atoms with Gasteiger partial charge in [-0.3, -0.25) is 0 Å². The van der Waals surface area contributed by atoms with E-state index in [0.29, 0.717) is 11.1 Å². The van der Waals surface area contributed by atoms with Crippen LogP contribution in [-0.4, -0.2) is 14.7 Å². The fraction of sp³-hybridized carbons (Fsp3) is 0.222. The summed E-state index contributed by atoms with van der Waals surface area (Å²) in [4.78, 5) is 0. The molecule has 0 fully saturated rings. The number of hydrogen-bond donors (Lipinski definition) is 0. The molecule has 0 heterocycles. The fourth-order valence-corrected chi connectivity index (χ4v) is 1.85. The van der Waals surface area contributed by atoms with Crippen molar-refractivity contribution < 1.29 is 8.42 Å². The third kappa shape index (κ3) is 2.88. The Morgan fingerprint density at radius 2 is 2.00 bits per heavy atom. The van der Waals surface area contributed by atoms with E-state index in [-0.39, 0.29) is 5.75 Å². The largest absolute Gasteiger partial charge is 0.229 e. The minimum atomic E-state index is -3.06. The molecule has 13 heavy (non-hydrogen) atoms. The number of nitrogens with zero attached hydrogens (tertiary/aromatic N) is 1. The zero-order chi connectivity index (χ0) is 9.90. The van der Waals surface area contributed by atoms with E-state index in [4.69, 9.17) is 5.26 Å². The molecule has 0 atom stereocenters. The number of sulfone groups is 1. The third-order valence-electron chi connectivity index (χ3n) is 1.56. The maximum atomic E-state index is 11.0. The van der Waals surface area contributed by atoms with Crippen LogP contribution in [0.15, 0.2) is 24.3 Å². The summed E-state index contributed by atoms with van der Waals surface area (Å²) in [6.45, 7) is 0. The highest BCUT2D eigenvalue weighted by Crippen LogP contribution is 2.10. The molecule has 1 rings (SSSR count). The van der Waals surface area contributed by atoms with E-state index in [1.54, 1.807) is 24.3 Å². The van der Waals surface area contributed by atoms with Gasteiger partial charge < -0.3 is 0 Å². The molecule has 0 amide bonds. The van der Waals surface area contributed by atoms with E-state index in [0.717, 1.165) is 6.26 Å². The summed E-state index contributed by atoms with van der Waals surface area (Å²) in [5, 5.41) is 8.67. The fourth-order valence-electron chi connectivity index (χ4n) is 1.04. The van der Waals surface area contributed by atoms with Gasteiger partial charge in [-0.25, -0.2) is 8.42 Å². The first-order chi connectivity index (χ1) is 6.03. The first kappa shape index (κ1) is 9.75. The lowest BCUT2D eigenvalue weighted by atomic mass is 10.1. The van der Waals surface area contributed by atoms with Crippen molar-refractivity contribution in [2.45, 2.75) is 5.75 Å². The van der Waals surface area contributed by atoms with E-state index in [9.17, 15) is 8.42 Å². The van der Waals surface area contributed by atoms with Gasteiger partial charge in [0.15, 0.2) is 9.84 Å². The van der Waals surface area contributed by atoms with Crippen LogP contribution in [0.1, 0.15) is 11.1 Å². The molecule has 0 radical (unpaired) electrons.